The lowest BCUT2D eigenvalue weighted by molar-refractivity contribution is 0.0935. The van der Waals surface area contributed by atoms with Crippen molar-refractivity contribution in [2.45, 2.75) is 56.5 Å². The second kappa shape index (κ2) is 8.47. The van der Waals surface area contributed by atoms with Gasteiger partial charge in [0.2, 0.25) is 0 Å². The van der Waals surface area contributed by atoms with Crippen molar-refractivity contribution >= 4 is 28.9 Å². The SMILES string of the molecule is CNc1cc(Nc2cccn([C@H]3C[C@H](F)C3)c2=O)nc2c(C(=O)NC3CCC(O)C3)cnn12. The van der Waals surface area contributed by atoms with Gasteiger partial charge in [-0.1, -0.05) is 0 Å². The van der Waals surface area contributed by atoms with E-state index in [4.69, 9.17) is 0 Å². The largest absolute Gasteiger partial charge is 0.393 e. The number of aromatic nitrogens is 4. The van der Waals surface area contributed by atoms with E-state index in [1.54, 1.807) is 36.0 Å². The van der Waals surface area contributed by atoms with E-state index < -0.39 is 12.3 Å². The van der Waals surface area contributed by atoms with Crippen molar-refractivity contribution in [3.8, 4) is 0 Å². The molecule has 2 unspecified atom stereocenters. The zero-order valence-corrected chi connectivity index (χ0v) is 18.2. The smallest absolute Gasteiger partial charge is 0.274 e. The number of carbonyl (C=O) groups excluding carboxylic acids is 1. The molecule has 2 aliphatic carbocycles. The summed E-state index contributed by atoms with van der Waals surface area (Å²) < 4.78 is 16.3. The molecule has 0 radical (unpaired) electrons. The van der Waals surface area contributed by atoms with Gasteiger partial charge in [-0.2, -0.15) is 9.61 Å². The number of anilines is 3. The second-order valence-corrected chi connectivity index (χ2v) is 8.69. The van der Waals surface area contributed by atoms with Crippen LogP contribution in [0.25, 0.3) is 5.65 Å². The zero-order valence-electron chi connectivity index (χ0n) is 18.2. The third-order valence-electron chi connectivity index (χ3n) is 6.40. The van der Waals surface area contributed by atoms with Crippen molar-refractivity contribution in [1.29, 1.82) is 0 Å². The summed E-state index contributed by atoms with van der Waals surface area (Å²) in [6, 6.07) is 4.83. The van der Waals surface area contributed by atoms with Crippen molar-refractivity contribution < 1.29 is 14.3 Å². The number of carbonyl (C=O) groups is 1. The molecule has 3 aromatic rings. The average Bonchev–Trinajstić information content (AvgIpc) is 3.38. The molecular weight excluding hydrogens is 429 g/mol. The minimum atomic E-state index is -0.861. The highest BCUT2D eigenvalue weighted by Crippen LogP contribution is 2.33. The van der Waals surface area contributed by atoms with Gasteiger partial charge in [-0.3, -0.25) is 9.59 Å². The van der Waals surface area contributed by atoms with Crippen LogP contribution in [0, 0.1) is 0 Å². The van der Waals surface area contributed by atoms with Crippen LogP contribution in [0.15, 0.2) is 35.4 Å². The van der Waals surface area contributed by atoms with E-state index in [1.165, 1.54) is 10.7 Å². The lowest BCUT2D eigenvalue weighted by Crippen LogP contribution is -2.35. The number of hydrogen-bond donors (Lipinski definition) is 4. The summed E-state index contributed by atoms with van der Waals surface area (Å²) in [7, 11) is 1.72. The zero-order chi connectivity index (χ0) is 23.1. The van der Waals surface area contributed by atoms with Crippen LogP contribution in [0.5, 0.6) is 0 Å². The number of alkyl halides is 1. The van der Waals surface area contributed by atoms with Gasteiger partial charge in [-0.05, 0) is 44.2 Å². The predicted molar refractivity (Wildman–Crippen MR) is 121 cm³/mol. The third kappa shape index (κ3) is 4.04. The first-order valence-corrected chi connectivity index (χ1v) is 11.1. The minimum absolute atomic E-state index is 0.0919. The number of rotatable bonds is 6. The molecule has 0 spiro atoms. The van der Waals surface area contributed by atoms with E-state index in [2.05, 4.69) is 26.0 Å². The van der Waals surface area contributed by atoms with Crippen LogP contribution < -0.4 is 21.5 Å². The molecule has 174 valence electrons. The Hall–Kier alpha value is -3.47. The molecule has 0 bridgehead atoms. The summed E-state index contributed by atoms with van der Waals surface area (Å²) in [6.07, 6.45) is 4.45. The number of halogens is 1. The fraction of sp³-hybridized carbons (Fsp3) is 0.455. The molecule has 5 rings (SSSR count). The maximum Gasteiger partial charge on any atom is 0.274 e. The van der Waals surface area contributed by atoms with Gasteiger partial charge in [0, 0.05) is 31.4 Å². The third-order valence-corrected chi connectivity index (χ3v) is 6.40. The van der Waals surface area contributed by atoms with Crippen LogP contribution >= 0.6 is 0 Å². The first-order chi connectivity index (χ1) is 15.9. The quantitative estimate of drug-likeness (QED) is 0.448. The van der Waals surface area contributed by atoms with Gasteiger partial charge in [0.25, 0.3) is 11.5 Å². The Morgan fingerprint density at radius 2 is 2.09 bits per heavy atom. The van der Waals surface area contributed by atoms with E-state index in [0.29, 0.717) is 54.2 Å². The second-order valence-electron chi connectivity index (χ2n) is 8.69. The van der Waals surface area contributed by atoms with Crippen molar-refractivity contribution in [2.24, 2.45) is 0 Å². The molecule has 2 saturated carbocycles. The van der Waals surface area contributed by atoms with Crippen LogP contribution in [-0.2, 0) is 0 Å². The van der Waals surface area contributed by atoms with Gasteiger partial charge in [-0.25, -0.2) is 9.37 Å². The summed E-state index contributed by atoms with van der Waals surface area (Å²) in [4.78, 5) is 30.3. The Balaban J connectivity index is 1.44. The Bertz CT molecular complexity index is 1250. The number of fused-ring (bicyclic) bond motifs is 1. The topological polar surface area (TPSA) is 126 Å². The van der Waals surface area contributed by atoms with Gasteiger partial charge in [-0.15, -0.1) is 0 Å². The summed E-state index contributed by atoms with van der Waals surface area (Å²) in [5.41, 5.74) is 0.680. The van der Waals surface area contributed by atoms with E-state index in [9.17, 15) is 19.1 Å². The number of nitrogens with zero attached hydrogens (tertiary/aromatic N) is 4. The summed E-state index contributed by atoms with van der Waals surface area (Å²) >= 11 is 0. The lowest BCUT2D eigenvalue weighted by Gasteiger charge is -2.31. The molecule has 0 saturated heterocycles. The van der Waals surface area contributed by atoms with Crippen molar-refractivity contribution in [3.63, 3.8) is 0 Å². The molecule has 2 aliphatic rings. The van der Waals surface area contributed by atoms with E-state index in [0.717, 1.165) is 6.42 Å². The van der Waals surface area contributed by atoms with Crippen molar-refractivity contribution in [3.05, 3.63) is 46.5 Å². The van der Waals surface area contributed by atoms with Gasteiger partial charge < -0.3 is 25.6 Å². The van der Waals surface area contributed by atoms with Crippen LogP contribution in [0.3, 0.4) is 0 Å². The highest BCUT2D eigenvalue weighted by molar-refractivity contribution is 6.00. The number of amides is 1. The molecule has 0 aromatic carbocycles. The molecule has 3 heterocycles. The van der Waals surface area contributed by atoms with Gasteiger partial charge in [0.1, 0.15) is 29.1 Å². The maximum absolute atomic E-state index is 13.3. The van der Waals surface area contributed by atoms with E-state index >= 15 is 0 Å². The Morgan fingerprint density at radius 1 is 1.27 bits per heavy atom. The molecule has 1 amide bonds. The van der Waals surface area contributed by atoms with Crippen LogP contribution in [0.1, 0.15) is 48.5 Å². The Labute approximate surface area is 188 Å². The maximum atomic E-state index is 13.3. The minimum Gasteiger partial charge on any atom is -0.393 e. The molecule has 0 aliphatic heterocycles. The molecule has 3 aromatic heterocycles. The molecule has 4 N–H and O–H groups in total. The van der Waals surface area contributed by atoms with Crippen molar-refractivity contribution in [2.75, 3.05) is 17.7 Å². The molecule has 33 heavy (non-hydrogen) atoms. The number of aliphatic hydroxyl groups excluding tert-OH is 1. The van der Waals surface area contributed by atoms with Gasteiger partial charge in [0.15, 0.2) is 5.65 Å². The normalized spacial score (nSPS) is 24.5. The summed E-state index contributed by atoms with van der Waals surface area (Å²) in [5, 5.41) is 23.0. The Kier molecular flexibility index (Phi) is 5.49. The first kappa shape index (κ1) is 21.4. The summed E-state index contributed by atoms with van der Waals surface area (Å²) in [5.74, 6) is 0.626. The van der Waals surface area contributed by atoms with E-state index in [1.807, 2.05) is 0 Å². The van der Waals surface area contributed by atoms with Crippen LogP contribution in [-0.4, -0.2) is 55.5 Å². The van der Waals surface area contributed by atoms with Crippen molar-refractivity contribution in [1.82, 2.24) is 24.5 Å². The van der Waals surface area contributed by atoms with Gasteiger partial charge >= 0.3 is 0 Å². The lowest BCUT2D eigenvalue weighted by atomic mass is 9.90. The number of pyridine rings is 1. The van der Waals surface area contributed by atoms with Crippen LogP contribution in [0.2, 0.25) is 0 Å². The Morgan fingerprint density at radius 3 is 2.79 bits per heavy atom. The monoisotopic (exact) mass is 455 g/mol. The molecular formula is C22H26FN7O3. The summed E-state index contributed by atoms with van der Waals surface area (Å²) in [6.45, 7) is 0. The standard InChI is InChI=1S/C22H26FN7O3/c1-24-19-10-18(27-17-3-2-6-29(22(17)33)14-7-12(23)8-14)28-20-16(11-25-30(19)20)21(32)26-13-4-5-15(31)9-13/h2-3,6,10-15,24,31H,4-5,7-9H2,1H3,(H,26,32)(H,27,28)/t12-,13?,14-,15?. The highest BCUT2D eigenvalue weighted by atomic mass is 19.1. The predicted octanol–water partition coefficient (Wildman–Crippen LogP) is 1.99. The average molecular weight is 455 g/mol. The molecule has 11 heteroatoms. The fourth-order valence-electron chi connectivity index (χ4n) is 4.50. The highest BCUT2D eigenvalue weighted by Gasteiger charge is 2.31. The van der Waals surface area contributed by atoms with E-state index in [-0.39, 0.29) is 23.6 Å². The molecule has 2 fully saturated rings. The number of nitrogens with one attached hydrogen (secondary N) is 3. The first-order valence-electron chi connectivity index (χ1n) is 11.1. The molecule has 10 nitrogen and oxygen atoms in total. The fourth-order valence-corrected chi connectivity index (χ4v) is 4.50. The number of hydrogen-bond acceptors (Lipinski definition) is 7. The molecule has 2 atom stereocenters. The number of aliphatic hydroxyl groups is 1. The van der Waals surface area contributed by atoms with Crippen LogP contribution in [0.4, 0.5) is 21.7 Å². The van der Waals surface area contributed by atoms with Gasteiger partial charge in [0.05, 0.1) is 12.3 Å².